The van der Waals surface area contributed by atoms with Crippen molar-refractivity contribution in [3.05, 3.63) is 102 Å². The maximum absolute atomic E-state index is 12.9. The van der Waals surface area contributed by atoms with Crippen LogP contribution in [0, 0.1) is 0 Å². The molecule has 1 aromatic heterocycles. The summed E-state index contributed by atoms with van der Waals surface area (Å²) in [6.45, 7) is 0. The SMILES string of the molecule is O=C(Nc1cccc(-c2cccnc2)c1)c1ccc2c(c1)NC(=O)c1ccccc1S2. The number of fused-ring (bicyclic) bond motifs is 2. The Morgan fingerprint density at radius 1 is 0.871 bits per heavy atom. The number of nitrogens with one attached hydrogen (secondary N) is 2. The summed E-state index contributed by atoms with van der Waals surface area (Å²) in [7, 11) is 0. The molecule has 5 rings (SSSR count). The summed E-state index contributed by atoms with van der Waals surface area (Å²) >= 11 is 1.51. The minimum absolute atomic E-state index is 0.177. The lowest BCUT2D eigenvalue weighted by Crippen LogP contribution is -2.14. The van der Waals surface area contributed by atoms with E-state index < -0.39 is 0 Å². The lowest BCUT2D eigenvalue weighted by molar-refractivity contribution is 0.101. The largest absolute Gasteiger partial charge is 0.322 e. The number of anilines is 2. The predicted octanol–water partition coefficient (Wildman–Crippen LogP) is 5.72. The van der Waals surface area contributed by atoms with Crippen molar-refractivity contribution in [3.63, 3.8) is 0 Å². The molecule has 0 saturated carbocycles. The number of hydrogen-bond acceptors (Lipinski definition) is 4. The first kappa shape index (κ1) is 19.1. The van der Waals surface area contributed by atoms with Gasteiger partial charge in [0.1, 0.15) is 0 Å². The van der Waals surface area contributed by atoms with Gasteiger partial charge in [-0.2, -0.15) is 0 Å². The van der Waals surface area contributed by atoms with Crippen molar-refractivity contribution >= 4 is 35.0 Å². The molecule has 0 radical (unpaired) electrons. The average molecular weight is 423 g/mol. The number of carbonyl (C=O) groups excluding carboxylic acids is 2. The number of rotatable bonds is 3. The van der Waals surface area contributed by atoms with Crippen molar-refractivity contribution in [2.75, 3.05) is 10.6 Å². The van der Waals surface area contributed by atoms with Gasteiger partial charge in [-0.05, 0) is 54.1 Å². The molecule has 2 N–H and O–H groups in total. The van der Waals surface area contributed by atoms with Crippen LogP contribution in [-0.4, -0.2) is 16.8 Å². The third kappa shape index (κ3) is 3.93. The van der Waals surface area contributed by atoms with Crippen molar-refractivity contribution in [1.82, 2.24) is 4.98 Å². The lowest BCUT2D eigenvalue weighted by atomic mass is 10.1. The van der Waals surface area contributed by atoms with E-state index in [1.807, 2.05) is 60.7 Å². The first-order valence-corrected chi connectivity index (χ1v) is 10.5. The Hall–Kier alpha value is -3.90. The van der Waals surface area contributed by atoms with E-state index >= 15 is 0 Å². The topological polar surface area (TPSA) is 71.1 Å². The quantitative estimate of drug-likeness (QED) is 0.442. The maximum atomic E-state index is 12.9. The number of pyridine rings is 1. The molecule has 0 bridgehead atoms. The van der Waals surface area contributed by atoms with Gasteiger partial charge in [0.05, 0.1) is 11.3 Å². The van der Waals surface area contributed by atoms with E-state index in [2.05, 4.69) is 15.6 Å². The predicted molar refractivity (Wildman–Crippen MR) is 123 cm³/mol. The maximum Gasteiger partial charge on any atom is 0.256 e. The number of amides is 2. The fourth-order valence-corrected chi connectivity index (χ4v) is 4.43. The van der Waals surface area contributed by atoms with Crippen molar-refractivity contribution < 1.29 is 9.59 Å². The standard InChI is InChI=1S/C25H17N3O2S/c29-24(27-19-7-3-5-16(13-19)18-6-4-12-26-15-18)17-10-11-23-21(14-17)28-25(30)20-8-1-2-9-22(20)31-23/h1-15H,(H,27,29)(H,28,30). The van der Waals surface area contributed by atoms with Crippen molar-refractivity contribution in [2.24, 2.45) is 0 Å². The van der Waals surface area contributed by atoms with Crippen molar-refractivity contribution in [3.8, 4) is 11.1 Å². The van der Waals surface area contributed by atoms with Gasteiger partial charge in [0, 0.05) is 39.0 Å². The summed E-state index contributed by atoms with van der Waals surface area (Å²) in [5.74, 6) is -0.421. The normalized spacial score (nSPS) is 12.2. The van der Waals surface area contributed by atoms with Gasteiger partial charge in [-0.15, -0.1) is 0 Å². The van der Waals surface area contributed by atoms with Gasteiger partial charge in [-0.1, -0.05) is 42.1 Å². The Balaban J connectivity index is 1.39. The third-order valence-electron chi connectivity index (χ3n) is 4.96. The molecule has 0 saturated heterocycles. The first-order valence-electron chi connectivity index (χ1n) is 9.71. The lowest BCUT2D eigenvalue weighted by Gasteiger charge is -2.11. The van der Waals surface area contributed by atoms with Gasteiger partial charge >= 0.3 is 0 Å². The van der Waals surface area contributed by atoms with Crippen LogP contribution in [0.1, 0.15) is 20.7 Å². The highest BCUT2D eigenvalue weighted by molar-refractivity contribution is 7.99. The fraction of sp³-hybridized carbons (Fsp3) is 0. The van der Waals surface area contributed by atoms with Gasteiger partial charge in [0.25, 0.3) is 11.8 Å². The van der Waals surface area contributed by atoms with E-state index in [1.165, 1.54) is 11.8 Å². The van der Waals surface area contributed by atoms with Crippen LogP contribution in [0.3, 0.4) is 0 Å². The Bertz CT molecular complexity index is 1310. The molecule has 1 aliphatic rings. The average Bonchev–Trinajstić information content (AvgIpc) is 2.95. The third-order valence-corrected chi connectivity index (χ3v) is 6.11. The summed E-state index contributed by atoms with van der Waals surface area (Å²) in [6.07, 6.45) is 3.51. The zero-order valence-electron chi connectivity index (χ0n) is 16.3. The van der Waals surface area contributed by atoms with E-state index in [0.717, 1.165) is 20.9 Å². The summed E-state index contributed by atoms with van der Waals surface area (Å²) in [5.41, 5.74) is 4.35. The molecule has 2 heterocycles. The highest BCUT2D eigenvalue weighted by Crippen LogP contribution is 2.39. The molecule has 3 aromatic carbocycles. The summed E-state index contributed by atoms with van der Waals surface area (Å²) in [6, 6.07) is 24.3. The molecule has 2 amide bonds. The van der Waals surface area contributed by atoms with E-state index in [9.17, 15) is 9.59 Å². The molecule has 0 fully saturated rings. The summed E-state index contributed by atoms with van der Waals surface area (Å²) in [4.78, 5) is 31.4. The van der Waals surface area contributed by atoms with E-state index in [-0.39, 0.29) is 11.8 Å². The minimum atomic E-state index is -0.243. The number of nitrogens with zero attached hydrogens (tertiary/aromatic N) is 1. The van der Waals surface area contributed by atoms with Crippen LogP contribution < -0.4 is 10.6 Å². The second kappa shape index (κ2) is 8.08. The number of benzene rings is 3. The highest BCUT2D eigenvalue weighted by atomic mass is 32.2. The molecule has 0 atom stereocenters. The highest BCUT2D eigenvalue weighted by Gasteiger charge is 2.20. The number of aromatic nitrogens is 1. The molecule has 1 aliphatic heterocycles. The van der Waals surface area contributed by atoms with E-state index in [4.69, 9.17) is 0 Å². The van der Waals surface area contributed by atoms with E-state index in [0.29, 0.717) is 22.5 Å². The van der Waals surface area contributed by atoms with Gasteiger partial charge in [0.2, 0.25) is 0 Å². The van der Waals surface area contributed by atoms with Gasteiger partial charge < -0.3 is 10.6 Å². The number of hydrogen-bond donors (Lipinski definition) is 2. The molecule has 5 nitrogen and oxygen atoms in total. The Morgan fingerprint density at radius 2 is 1.74 bits per heavy atom. The van der Waals surface area contributed by atoms with Gasteiger partial charge in [-0.25, -0.2) is 0 Å². The molecular formula is C25H17N3O2S. The van der Waals surface area contributed by atoms with Crippen LogP contribution in [0.2, 0.25) is 0 Å². The molecule has 0 unspecified atom stereocenters. The Kier molecular flexibility index (Phi) is 4.98. The summed E-state index contributed by atoms with van der Waals surface area (Å²) < 4.78 is 0. The van der Waals surface area contributed by atoms with E-state index in [1.54, 1.807) is 30.6 Å². The zero-order valence-corrected chi connectivity index (χ0v) is 17.1. The molecule has 0 aliphatic carbocycles. The van der Waals surface area contributed by atoms with Crippen LogP contribution in [0.15, 0.2) is 101 Å². The second-order valence-corrected chi connectivity index (χ2v) is 8.12. The molecule has 6 heteroatoms. The van der Waals surface area contributed by atoms with Gasteiger partial charge in [0.15, 0.2) is 0 Å². The van der Waals surface area contributed by atoms with Crippen LogP contribution in [0.4, 0.5) is 11.4 Å². The Labute approximate surface area is 183 Å². The molecular weight excluding hydrogens is 406 g/mol. The molecule has 4 aromatic rings. The minimum Gasteiger partial charge on any atom is -0.322 e. The second-order valence-electron chi connectivity index (χ2n) is 7.04. The van der Waals surface area contributed by atoms with Crippen LogP contribution in [-0.2, 0) is 0 Å². The molecule has 0 spiro atoms. The van der Waals surface area contributed by atoms with Crippen LogP contribution >= 0.6 is 11.8 Å². The smallest absolute Gasteiger partial charge is 0.256 e. The van der Waals surface area contributed by atoms with Crippen molar-refractivity contribution in [1.29, 1.82) is 0 Å². The fourth-order valence-electron chi connectivity index (χ4n) is 3.42. The first-order chi connectivity index (χ1) is 15.2. The molecule has 150 valence electrons. The number of carbonyl (C=O) groups is 2. The molecule has 31 heavy (non-hydrogen) atoms. The zero-order chi connectivity index (χ0) is 21.2. The van der Waals surface area contributed by atoms with Crippen LogP contribution in [0.5, 0.6) is 0 Å². The van der Waals surface area contributed by atoms with Crippen molar-refractivity contribution in [2.45, 2.75) is 9.79 Å². The summed E-state index contributed by atoms with van der Waals surface area (Å²) in [5, 5.41) is 5.86. The van der Waals surface area contributed by atoms with Gasteiger partial charge in [-0.3, -0.25) is 14.6 Å². The van der Waals surface area contributed by atoms with Crippen LogP contribution in [0.25, 0.3) is 11.1 Å². The Morgan fingerprint density at radius 3 is 2.61 bits per heavy atom. The monoisotopic (exact) mass is 423 g/mol.